The van der Waals surface area contributed by atoms with E-state index in [4.69, 9.17) is 9.47 Å². The van der Waals surface area contributed by atoms with Crippen LogP contribution in [0.3, 0.4) is 0 Å². The number of piperazine rings is 1. The first-order chi connectivity index (χ1) is 13.6. The van der Waals surface area contributed by atoms with Crippen LogP contribution in [0.2, 0.25) is 0 Å². The maximum absolute atomic E-state index is 12.7. The number of nitrogens with one attached hydrogen (secondary N) is 1. The van der Waals surface area contributed by atoms with E-state index in [9.17, 15) is 4.79 Å². The van der Waals surface area contributed by atoms with Gasteiger partial charge in [-0.2, -0.15) is 0 Å². The first-order valence-electron chi connectivity index (χ1n) is 10.3. The molecule has 1 N–H and O–H groups in total. The maximum Gasteiger partial charge on any atom is 0.321 e. The molecule has 7 heteroatoms. The zero-order valence-corrected chi connectivity index (χ0v) is 17.2. The van der Waals surface area contributed by atoms with Gasteiger partial charge in [-0.05, 0) is 32.7 Å². The quantitative estimate of drug-likeness (QED) is 0.859. The molecule has 0 radical (unpaired) electrons. The first-order valence-corrected chi connectivity index (χ1v) is 10.3. The Bertz CT molecular complexity index is 669. The Morgan fingerprint density at radius 3 is 2.04 bits per heavy atom. The van der Waals surface area contributed by atoms with Crippen LogP contribution in [0.4, 0.5) is 10.5 Å². The molecule has 3 aliphatic heterocycles. The first kappa shape index (κ1) is 19.3. The van der Waals surface area contributed by atoms with Crippen LogP contribution in [0.1, 0.15) is 25.7 Å². The SMILES string of the molecule is COc1cc(NC(=O)N2CCN(C3CC4CCC(C3)N4C)CC2)cc(OC)c1. The fraction of sp³-hybridized carbons (Fsp3) is 0.667. The third-order valence-electron chi connectivity index (χ3n) is 6.79. The average molecular weight is 389 g/mol. The number of anilines is 1. The summed E-state index contributed by atoms with van der Waals surface area (Å²) in [6.45, 7) is 3.47. The largest absolute Gasteiger partial charge is 0.497 e. The molecule has 2 atom stereocenters. The molecule has 3 saturated heterocycles. The van der Waals surface area contributed by atoms with Crippen LogP contribution in [-0.4, -0.2) is 86.3 Å². The number of nitrogens with zero attached hydrogens (tertiary/aromatic N) is 3. The minimum absolute atomic E-state index is 0.0570. The molecule has 3 heterocycles. The highest BCUT2D eigenvalue weighted by Crippen LogP contribution is 2.36. The van der Waals surface area contributed by atoms with E-state index in [-0.39, 0.29) is 6.03 Å². The van der Waals surface area contributed by atoms with Crippen LogP contribution in [-0.2, 0) is 0 Å². The van der Waals surface area contributed by atoms with Gasteiger partial charge >= 0.3 is 6.03 Å². The average Bonchev–Trinajstić information content (AvgIpc) is 2.93. The number of benzene rings is 1. The van der Waals surface area contributed by atoms with E-state index in [1.165, 1.54) is 25.7 Å². The van der Waals surface area contributed by atoms with E-state index in [1.54, 1.807) is 20.3 Å². The van der Waals surface area contributed by atoms with Crippen molar-refractivity contribution < 1.29 is 14.3 Å². The Morgan fingerprint density at radius 1 is 0.929 bits per heavy atom. The van der Waals surface area contributed by atoms with Gasteiger partial charge in [0.05, 0.1) is 14.2 Å². The topological polar surface area (TPSA) is 57.3 Å². The monoisotopic (exact) mass is 388 g/mol. The molecule has 2 amide bonds. The van der Waals surface area contributed by atoms with E-state index in [0.29, 0.717) is 23.2 Å². The standard InChI is InChI=1S/C21H32N4O3/c1-23-16-4-5-17(23)13-18(12-16)24-6-8-25(9-7-24)21(26)22-15-10-19(27-2)14-20(11-15)28-3/h10-11,14,16-18H,4-9,12-13H2,1-3H3,(H,22,26). The van der Waals surface area contributed by atoms with Crippen molar-refractivity contribution in [2.24, 2.45) is 0 Å². The second kappa shape index (κ2) is 8.17. The summed E-state index contributed by atoms with van der Waals surface area (Å²) in [5, 5.41) is 2.99. The van der Waals surface area contributed by atoms with E-state index in [1.807, 2.05) is 17.0 Å². The number of carbonyl (C=O) groups is 1. The Kier molecular flexibility index (Phi) is 5.64. The van der Waals surface area contributed by atoms with Crippen molar-refractivity contribution in [3.05, 3.63) is 18.2 Å². The van der Waals surface area contributed by atoms with Gasteiger partial charge in [-0.15, -0.1) is 0 Å². The fourth-order valence-electron chi connectivity index (χ4n) is 5.05. The lowest BCUT2D eigenvalue weighted by Gasteiger charge is -2.44. The van der Waals surface area contributed by atoms with Gasteiger partial charge in [-0.25, -0.2) is 4.79 Å². The number of amides is 2. The Morgan fingerprint density at radius 2 is 1.50 bits per heavy atom. The summed E-state index contributed by atoms with van der Waals surface area (Å²) >= 11 is 0. The predicted molar refractivity (Wildman–Crippen MR) is 109 cm³/mol. The van der Waals surface area contributed by atoms with Crippen molar-refractivity contribution in [1.29, 1.82) is 0 Å². The van der Waals surface area contributed by atoms with Crippen LogP contribution >= 0.6 is 0 Å². The predicted octanol–water partition coefficient (Wildman–Crippen LogP) is 2.48. The molecule has 0 spiro atoms. The normalized spacial score (nSPS) is 28.2. The van der Waals surface area contributed by atoms with E-state index >= 15 is 0 Å². The highest BCUT2D eigenvalue weighted by Gasteiger charge is 2.41. The molecular formula is C21H32N4O3. The number of hydrogen-bond acceptors (Lipinski definition) is 5. The molecule has 2 unspecified atom stereocenters. The summed E-state index contributed by atoms with van der Waals surface area (Å²) in [5.74, 6) is 1.33. The number of ether oxygens (including phenoxy) is 2. The van der Waals surface area contributed by atoms with Gasteiger partial charge in [-0.3, -0.25) is 4.90 Å². The molecule has 4 rings (SSSR count). The molecule has 1 aromatic carbocycles. The summed E-state index contributed by atoms with van der Waals surface area (Å²) in [6, 6.07) is 7.56. The van der Waals surface area contributed by atoms with E-state index < -0.39 is 0 Å². The van der Waals surface area contributed by atoms with E-state index in [0.717, 1.165) is 38.3 Å². The van der Waals surface area contributed by atoms with Crippen molar-refractivity contribution in [3.8, 4) is 11.5 Å². The van der Waals surface area contributed by atoms with Crippen molar-refractivity contribution >= 4 is 11.7 Å². The molecule has 3 aliphatic rings. The van der Waals surface area contributed by atoms with Gasteiger partial charge in [0.1, 0.15) is 11.5 Å². The Labute approximate surface area is 167 Å². The minimum atomic E-state index is -0.0570. The Balaban J connectivity index is 1.31. The van der Waals surface area contributed by atoms with E-state index in [2.05, 4.69) is 22.2 Å². The molecule has 2 bridgehead atoms. The molecule has 7 nitrogen and oxygen atoms in total. The highest BCUT2D eigenvalue weighted by molar-refractivity contribution is 5.90. The van der Waals surface area contributed by atoms with Gasteiger partial charge in [0.25, 0.3) is 0 Å². The summed E-state index contributed by atoms with van der Waals surface area (Å²) in [7, 11) is 5.50. The highest BCUT2D eigenvalue weighted by atomic mass is 16.5. The number of rotatable bonds is 4. The summed E-state index contributed by atoms with van der Waals surface area (Å²) < 4.78 is 10.6. The molecule has 1 aromatic rings. The summed E-state index contributed by atoms with van der Waals surface area (Å²) in [4.78, 5) is 19.8. The maximum atomic E-state index is 12.7. The van der Waals surface area contributed by atoms with Gasteiger partial charge in [0.15, 0.2) is 0 Å². The number of piperidine rings is 1. The number of hydrogen-bond donors (Lipinski definition) is 1. The smallest absolute Gasteiger partial charge is 0.321 e. The van der Waals surface area contributed by atoms with Gasteiger partial charge in [0, 0.05) is 68.2 Å². The van der Waals surface area contributed by atoms with Crippen molar-refractivity contribution in [2.75, 3.05) is 52.8 Å². The fourth-order valence-corrected chi connectivity index (χ4v) is 5.05. The third kappa shape index (κ3) is 3.91. The van der Waals surface area contributed by atoms with Gasteiger partial charge < -0.3 is 24.6 Å². The molecule has 0 aromatic heterocycles. The second-order valence-electron chi connectivity index (χ2n) is 8.23. The second-order valence-corrected chi connectivity index (χ2v) is 8.23. The van der Waals surface area contributed by atoms with Crippen molar-refractivity contribution in [1.82, 2.24) is 14.7 Å². The lowest BCUT2D eigenvalue weighted by Crippen LogP contribution is -2.56. The molecule has 28 heavy (non-hydrogen) atoms. The van der Waals surface area contributed by atoms with Gasteiger partial charge in [0.2, 0.25) is 0 Å². The zero-order chi connectivity index (χ0) is 19.7. The zero-order valence-electron chi connectivity index (χ0n) is 17.2. The number of methoxy groups -OCH3 is 2. The van der Waals surface area contributed by atoms with Crippen LogP contribution in [0.25, 0.3) is 0 Å². The Hall–Kier alpha value is -1.99. The lowest BCUT2D eigenvalue weighted by molar-refractivity contribution is 0.0491. The summed E-state index contributed by atoms with van der Waals surface area (Å²) in [6.07, 6.45) is 5.26. The van der Waals surface area contributed by atoms with Gasteiger partial charge in [-0.1, -0.05) is 0 Å². The lowest BCUT2D eigenvalue weighted by atomic mass is 9.96. The van der Waals surface area contributed by atoms with Crippen molar-refractivity contribution in [3.63, 3.8) is 0 Å². The van der Waals surface area contributed by atoms with Crippen LogP contribution in [0.15, 0.2) is 18.2 Å². The molecule has 3 fully saturated rings. The van der Waals surface area contributed by atoms with Crippen LogP contribution in [0, 0.1) is 0 Å². The third-order valence-corrected chi connectivity index (χ3v) is 6.79. The van der Waals surface area contributed by atoms with Crippen LogP contribution in [0.5, 0.6) is 11.5 Å². The molecular weight excluding hydrogens is 356 g/mol. The number of carbonyl (C=O) groups excluding carboxylic acids is 1. The number of fused-ring (bicyclic) bond motifs is 2. The molecule has 0 aliphatic carbocycles. The number of urea groups is 1. The minimum Gasteiger partial charge on any atom is -0.497 e. The van der Waals surface area contributed by atoms with Crippen molar-refractivity contribution in [2.45, 2.75) is 43.8 Å². The molecule has 0 saturated carbocycles. The molecule has 154 valence electrons. The summed E-state index contributed by atoms with van der Waals surface area (Å²) in [5.41, 5.74) is 0.690. The van der Waals surface area contributed by atoms with Crippen LogP contribution < -0.4 is 14.8 Å².